The Morgan fingerprint density at radius 3 is 3.07 bits per heavy atom. The lowest BCUT2D eigenvalue weighted by molar-refractivity contribution is 0.474. The van der Waals surface area contributed by atoms with E-state index < -0.39 is 0 Å². The number of phenols is 1. The molecule has 3 heteroatoms. The Morgan fingerprint density at radius 2 is 2.33 bits per heavy atom. The van der Waals surface area contributed by atoms with Crippen LogP contribution in [0.5, 0.6) is 5.75 Å². The molecule has 0 saturated heterocycles. The van der Waals surface area contributed by atoms with Crippen LogP contribution in [0.2, 0.25) is 0 Å². The van der Waals surface area contributed by atoms with Crippen LogP contribution in [0, 0.1) is 0 Å². The molecule has 0 bridgehead atoms. The number of anilines is 1. The predicted octanol–water partition coefficient (Wildman–Crippen LogP) is 1.54. The summed E-state index contributed by atoms with van der Waals surface area (Å²) in [5.74, 6) is 0.919. The van der Waals surface area contributed by atoms with E-state index in [1.807, 2.05) is 19.2 Å². The van der Waals surface area contributed by atoms with Crippen molar-refractivity contribution in [3.8, 4) is 5.75 Å². The zero-order valence-corrected chi connectivity index (χ0v) is 9.33. The molecule has 0 aromatic heterocycles. The first-order valence-electron chi connectivity index (χ1n) is 5.41. The van der Waals surface area contributed by atoms with E-state index in [1.165, 1.54) is 11.3 Å². The molecule has 0 fully saturated rings. The van der Waals surface area contributed by atoms with Crippen molar-refractivity contribution in [1.29, 1.82) is 0 Å². The molecule has 1 aromatic rings. The molecular weight excluding hydrogens is 188 g/mol. The van der Waals surface area contributed by atoms with E-state index in [1.54, 1.807) is 6.07 Å². The average molecular weight is 206 g/mol. The largest absolute Gasteiger partial charge is 0.508 e. The maximum absolute atomic E-state index is 9.49. The number of nitrogens with one attached hydrogen (secondary N) is 1. The van der Waals surface area contributed by atoms with Gasteiger partial charge in [-0.25, -0.2) is 0 Å². The first kappa shape index (κ1) is 10.3. The molecule has 1 aliphatic rings. The summed E-state index contributed by atoms with van der Waals surface area (Å²) in [6.07, 6.45) is 1.12. The van der Waals surface area contributed by atoms with E-state index in [0.717, 1.165) is 19.5 Å². The SMILES string of the molecule is CNCCC1CN(C)c2ccc(O)cc21. The summed E-state index contributed by atoms with van der Waals surface area (Å²) in [5, 5.41) is 12.7. The zero-order valence-electron chi connectivity index (χ0n) is 9.33. The van der Waals surface area contributed by atoms with Crippen LogP contribution in [0.25, 0.3) is 0 Å². The Kier molecular flexibility index (Phi) is 2.82. The van der Waals surface area contributed by atoms with Crippen LogP contribution in [0.1, 0.15) is 17.9 Å². The van der Waals surface area contributed by atoms with Crippen molar-refractivity contribution in [1.82, 2.24) is 5.32 Å². The molecule has 1 unspecified atom stereocenters. The highest BCUT2D eigenvalue weighted by Crippen LogP contribution is 2.38. The molecule has 2 N–H and O–H groups in total. The fraction of sp³-hybridized carbons (Fsp3) is 0.500. The van der Waals surface area contributed by atoms with Crippen LogP contribution >= 0.6 is 0 Å². The monoisotopic (exact) mass is 206 g/mol. The Balaban J connectivity index is 2.23. The molecule has 82 valence electrons. The summed E-state index contributed by atoms with van der Waals surface area (Å²) < 4.78 is 0. The van der Waals surface area contributed by atoms with Crippen molar-refractivity contribution in [3.05, 3.63) is 23.8 Å². The Morgan fingerprint density at radius 1 is 1.53 bits per heavy atom. The molecule has 1 aliphatic heterocycles. The molecule has 2 rings (SSSR count). The van der Waals surface area contributed by atoms with Gasteiger partial charge in [-0.15, -0.1) is 0 Å². The molecular formula is C12H18N2O. The minimum atomic E-state index is 0.374. The van der Waals surface area contributed by atoms with Crippen LogP contribution in [-0.4, -0.2) is 32.3 Å². The van der Waals surface area contributed by atoms with E-state index >= 15 is 0 Å². The highest BCUT2D eigenvalue weighted by Gasteiger charge is 2.25. The van der Waals surface area contributed by atoms with Gasteiger partial charge in [0.2, 0.25) is 0 Å². The normalized spacial score (nSPS) is 19.3. The van der Waals surface area contributed by atoms with E-state index in [9.17, 15) is 5.11 Å². The summed E-state index contributed by atoms with van der Waals surface area (Å²) in [5.41, 5.74) is 2.54. The van der Waals surface area contributed by atoms with Crippen molar-refractivity contribution in [2.24, 2.45) is 0 Å². The highest BCUT2D eigenvalue weighted by molar-refractivity contribution is 5.61. The van der Waals surface area contributed by atoms with Crippen LogP contribution < -0.4 is 10.2 Å². The highest BCUT2D eigenvalue weighted by atomic mass is 16.3. The molecule has 1 aromatic carbocycles. The van der Waals surface area contributed by atoms with Crippen molar-refractivity contribution in [3.63, 3.8) is 0 Å². The minimum absolute atomic E-state index is 0.374. The van der Waals surface area contributed by atoms with Gasteiger partial charge in [0.15, 0.2) is 0 Å². The van der Waals surface area contributed by atoms with Gasteiger partial charge in [0.25, 0.3) is 0 Å². The lowest BCUT2D eigenvalue weighted by atomic mass is 9.98. The second-order valence-corrected chi connectivity index (χ2v) is 4.21. The second kappa shape index (κ2) is 4.11. The molecule has 15 heavy (non-hydrogen) atoms. The van der Waals surface area contributed by atoms with Gasteiger partial charge in [-0.1, -0.05) is 0 Å². The van der Waals surface area contributed by atoms with Gasteiger partial charge in [-0.2, -0.15) is 0 Å². The Bertz CT molecular complexity index is 351. The van der Waals surface area contributed by atoms with Gasteiger partial charge in [-0.05, 0) is 43.8 Å². The van der Waals surface area contributed by atoms with Crippen molar-refractivity contribution in [2.75, 3.05) is 32.1 Å². The van der Waals surface area contributed by atoms with Crippen LogP contribution in [0.15, 0.2) is 18.2 Å². The van der Waals surface area contributed by atoms with E-state index in [2.05, 4.69) is 17.3 Å². The maximum atomic E-state index is 9.49. The number of fused-ring (bicyclic) bond motifs is 1. The average Bonchev–Trinajstić information content (AvgIpc) is 2.52. The first-order valence-corrected chi connectivity index (χ1v) is 5.41. The molecule has 0 amide bonds. The van der Waals surface area contributed by atoms with Crippen LogP contribution in [0.3, 0.4) is 0 Å². The summed E-state index contributed by atoms with van der Waals surface area (Å²) in [6.45, 7) is 2.08. The molecule has 1 heterocycles. The number of benzene rings is 1. The molecule has 0 saturated carbocycles. The van der Waals surface area contributed by atoms with Gasteiger partial charge >= 0.3 is 0 Å². The van der Waals surface area contributed by atoms with Crippen LogP contribution in [-0.2, 0) is 0 Å². The Labute approximate surface area is 90.7 Å². The van der Waals surface area contributed by atoms with Gasteiger partial charge in [0, 0.05) is 25.2 Å². The third-order valence-electron chi connectivity index (χ3n) is 3.10. The second-order valence-electron chi connectivity index (χ2n) is 4.21. The van der Waals surface area contributed by atoms with E-state index in [4.69, 9.17) is 0 Å². The number of phenolic OH excluding ortho intramolecular Hbond substituents is 1. The summed E-state index contributed by atoms with van der Waals surface area (Å²) in [4.78, 5) is 2.26. The summed E-state index contributed by atoms with van der Waals surface area (Å²) in [7, 11) is 4.08. The molecule has 1 atom stereocenters. The fourth-order valence-corrected chi connectivity index (χ4v) is 2.31. The number of rotatable bonds is 3. The quantitative estimate of drug-likeness (QED) is 0.787. The maximum Gasteiger partial charge on any atom is 0.116 e. The molecule has 0 aliphatic carbocycles. The number of hydrogen-bond donors (Lipinski definition) is 2. The molecule has 0 radical (unpaired) electrons. The van der Waals surface area contributed by atoms with Crippen molar-refractivity contribution in [2.45, 2.75) is 12.3 Å². The van der Waals surface area contributed by atoms with Crippen molar-refractivity contribution >= 4 is 5.69 Å². The number of likely N-dealkylation sites (N-methyl/N-ethyl adjacent to an activating group) is 1. The van der Waals surface area contributed by atoms with Gasteiger partial charge in [0.1, 0.15) is 5.75 Å². The van der Waals surface area contributed by atoms with E-state index in [-0.39, 0.29) is 0 Å². The third-order valence-corrected chi connectivity index (χ3v) is 3.10. The lowest BCUT2D eigenvalue weighted by Gasteiger charge is -2.12. The zero-order chi connectivity index (χ0) is 10.8. The third kappa shape index (κ3) is 1.92. The molecule has 3 nitrogen and oxygen atoms in total. The fourth-order valence-electron chi connectivity index (χ4n) is 2.31. The first-order chi connectivity index (χ1) is 7.22. The molecule has 0 spiro atoms. The van der Waals surface area contributed by atoms with E-state index in [0.29, 0.717) is 11.7 Å². The predicted molar refractivity (Wildman–Crippen MR) is 62.7 cm³/mol. The minimum Gasteiger partial charge on any atom is -0.508 e. The smallest absolute Gasteiger partial charge is 0.116 e. The Hall–Kier alpha value is -1.22. The lowest BCUT2D eigenvalue weighted by Crippen LogP contribution is -2.18. The van der Waals surface area contributed by atoms with Gasteiger partial charge in [0.05, 0.1) is 0 Å². The summed E-state index contributed by atoms with van der Waals surface area (Å²) >= 11 is 0. The number of nitrogens with zero attached hydrogens (tertiary/aromatic N) is 1. The number of hydrogen-bond acceptors (Lipinski definition) is 3. The van der Waals surface area contributed by atoms with Crippen molar-refractivity contribution < 1.29 is 5.11 Å². The standard InChI is InChI=1S/C12H18N2O/c1-13-6-5-9-8-14(2)12-4-3-10(15)7-11(9)12/h3-4,7,9,13,15H,5-6,8H2,1-2H3. The topological polar surface area (TPSA) is 35.5 Å². The number of aromatic hydroxyl groups is 1. The van der Waals surface area contributed by atoms with Gasteiger partial charge < -0.3 is 15.3 Å². The summed E-state index contributed by atoms with van der Waals surface area (Å²) in [6, 6.07) is 5.67. The van der Waals surface area contributed by atoms with Gasteiger partial charge in [-0.3, -0.25) is 0 Å². The van der Waals surface area contributed by atoms with Crippen LogP contribution in [0.4, 0.5) is 5.69 Å².